The molecule has 0 amide bonds. The highest BCUT2D eigenvalue weighted by atomic mass is 35.5. The second-order valence-corrected chi connectivity index (χ2v) is 5.05. The summed E-state index contributed by atoms with van der Waals surface area (Å²) in [5.74, 6) is 2.16. The van der Waals surface area contributed by atoms with E-state index < -0.39 is 0 Å². The van der Waals surface area contributed by atoms with E-state index in [0.717, 1.165) is 17.7 Å². The number of nitrogens with one attached hydrogen (secondary N) is 1. The van der Waals surface area contributed by atoms with Crippen LogP contribution in [0, 0.1) is 0 Å². The third-order valence-electron chi connectivity index (χ3n) is 2.95. The van der Waals surface area contributed by atoms with E-state index in [2.05, 4.69) is 5.32 Å². The van der Waals surface area contributed by atoms with Crippen molar-refractivity contribution >= 4 is 11.6 Å². The Labute approximate surface area is 130 Å². The minimum absolute atomic E-state index is 0.567. The van der Waals surface area contributed by atoms with Crippen molar-refractivity contribution in [1.29, 1.82) is 0 Å². The molecule has 5 heteroatoms. The van der Waals surface area contributed by atoms with Crippen LogP contribution in [0.2, 0.25) is 5.02 Å². The molecule has 0 radical (unpaired) electrons. The maximum Gasteiger partial charge on any atom is 0.179 e. The van der Waals surface area contributed by atoms with E-state index in [1.54, 1.807) is 13.4 Å². The molecular formula is C16H20ClNO3. The van der Waals surface area contributed by atoms with Crippen LogP contribution in [0.5, 0.6) is 11.5 Å². The average Bonchev–Trinajstić information content (AvgIpc) is 2.99. The lowest BCUT2D eigenvalue weighted by Gasteiger charge is -2.14. The van der Waals surface area contributed by atoms with E-state index in [4.69, 9.17) is 25.5 Å². The maximum absolute atomic E-state index is 6.28. The Morgan fingerprint density at radius 2 is 2.14 bits per heavy atom. The summed E-state index contributed by atoms with van der Waals surface area (Å²) < 4.78 is 16.3. The van der Waals surface area contributed by atoms with Gasteiger partial charge in [-0.2, -0.15) is 0 Å². The fourth-order valence-electron chi connectivity index (χ4n) is 1.96. The Morgan fingerprint density at radius 1 is 1.29 bits per heavy atom. The Kier molecular flexibility index (Phi) is 5.96. The Hall–Kier alpha value is -1.65. The zero-order valence-corrected chi connectivity index (χ0v) is 13.1. The molecule has 0 atom stereocenters. The molecular weight excluding hydrogens is 290 g/mol. The van der Waals surface area contributed by atoms with Gasteiger partial charge in [-0.15, -0.1) is 0 Å². The second-order valence-electron chi connectivity index (χ2n) is 4.64. The third kappa shape index (κ3) is 4.41. The molecule has 0 aliphatic carbocycles. The molecule has 2 rings (SSSR count). The molecule has 0 aliphatic rings. The Balaban J connectivity index is 2.01. The number of benzene rings is 1. The smallest absolute Gasteiger partial charge is 0.179 e. The van der Waals surface area contributed by atoms with E-state index in [9.17, 15) is 0 Å². The summed E-state index contributed by atoms with van der Waals surface area (Å²) in [7, 11) is 1.62. The topological polar surface area (TPSA) is 43.6 Å². The normalized spacial score (nSPS) is 10.6. The number of furan rings is 1. The first-order valence-electron chi connectivity index (χ1n) is 6.97. The monoisotopic (exact) mass is 309 g/mol. The molecule has 1 N–H and O–H groups in total. The van der Waals surface area contributed by atoms with E-state index >= 15 is 0 Å². The fraction of sp³-hybridized carbons (Fsp3) is 0.375. The van der Waals surface area contributed by atoms with Crippen molar-refractivity contribution in [1.82, 2.24) is 5.32 Å². The van der Waals surface area contributed by atoms with E-state index in [-0.39, 0.29) is 0 Å². The van der Waals surface area contributed by atoms with Crippen LogP contribution >= 0.6 is 11.6 Å². The summed E-state index contributed by atoms with van der Waals surface area (Å²) in [6.45, 7) is 4.01. The summed E-state index contributed by atoms with van der Waals surface area (Å²) in [4.78, 5) is 0. The molecule has 0 unspecified atom stereocenters. The van der Waals surface area contributed by atoms with Crippen molar-refractivity contribution in [2.24, 2.45) is 0 Å². The quantitative estimate of drug-likeness (QED) is 0.800. The second kappa shape index (κ2) is 7.96. The number of hydrogen-bond donors (Lipinski definition) is 1. The summed E-state index contributed by atoms with van der Waals surface area (Å²) in [5.41, 5.74) is 1.03. The molecule has 0 fully saturated rings. The minimum Gasteiger partial charge on any atom is -0.493 e. The molecule has 0 saturated heterocycles. The van der Waals surface area contributed by atoms with Crippen molar-refractivity contribution in [3.8, 4) is 11.5 Å². The predicted molar refractivity (Wildman–Crippen MR) is 83.0 cm³/mol. The molecule has 21 heavy (non-hydrogen) atoms. The molecule has 1 aromatic heterocycles. The molecule has 4 nitrogen and oxygen atoms in total. The first-order valence-corrected chi connectivity index (χ1v) is 7.34. The van der Waals surface area contributed by atoms with E-state index in [1.807, 2.05) is 31.2 Å². The molecule has 2 aromatic rings. The Morgan fingerprint density at radius 3 is 2.81 bits per heavy atom. The average molecular weight is 310 g/mol. The van der Waals surface area contributed by atoms with Crippen molar-refractivity contribution in [3.05, 3.63) is 46.9 Å². The van der Waals surface area contributed by atoms with Crippen molar-refractivity contribution in [2.75, 3.05) is 13.7 Å². The zero-order valence-electron chi connectivity index (χ0n) is 12.3. The zero-order chi connectivity index (χ0) is 15.1. The van der Waals surface area contributed by atoms with Gasteiger partial charge in [0, 0.05) is 6.54 Å². The first-order chi connectivity index (χ1) is 10.2. The molecule has 0 aliphatic heterocycles. The van der Waals surface area contributed by atoms with Gasteiger partial charge in [0.25, 0.3) is 0 Å². The summed E-state index contributed by atoms with van der Waals surface area (Å²) in [6, 6.07) is 7.63. The predicted octanol–water partition coefficient (Wildman–Crippen LogP) is 4.02. The van der Waals surface area contributed by atoms with Gasteiger partial charge >= 0.3 is 0 Å². The van der Waals surface area contributed by atoms with Gasteiger partial charge in [0.15, 0.2) is 11.5 Å². The van der Waals surface area contributed by atoms with Gasteiger partial charge in [0.1, 0.15) is 5.76 Å². The number of rotatable bonds is 8. The highest BCUT2D eigenvalue weighted by Gasteiger charge is 2.11. The molecule has 0 saturated carbocycles. The van der Waals surface area contributed by atoms with Crippen LogP contribution in [0.4, 0.5) is 0 Å². The van der Waals surface area contributed by atoms with Crippen LogP contribution in [-0.2, 0) is 13.1 Å². The molecule has 1 heterocycles. The highest BCUT2D eigenvalue weighted by molar-refractivity contribution is 6.32. The van der Waals surface area contributed by atoms with Gasteiger partial charge in [-0.25, -0.2) is 0 Å². The van der Waals surface area contributed by atoms with Crippen LogP contribution in [0.1, 0.15) is 24.7 Å². The minimum atomic E-state index is 0.567. The van der Waals surface area contributed by atoms with Gasteiger partial charge in [0.2, 0.25) is 0 Å². The largest absolute Gasteiger partial charge is 0.493 e. The third-order valence-corrected chi connectivity index (χ3v) is 3.23. The lowest BCUT2D eigenvalue weighted by atomic mass is 10.2. The van der Waals surface area contributed by atoms with Crippen LogP contribution in [0.25, 0.3) is 0 Å². The highest BCUT2D eigenvalue weighted by Crippen LogP contribution is 2.36. The van der Waals surface area contributed by atoms with Crippen LogP contribution < -0.4 is 14.8 Å². The van der Waals surface area contributed by atoms with E-state index in [0.29, 0.717) is 36.2 Å². The summed E-state index contributed by atoms with van der Waals surface area (Å²) in [5, 5.41) is 3.86. The van der Waals surface area contributed by atoms with Crippen LogP contribution in [0.3, 0.4) is 0 Å². The van der Waals surface area contributed by atoms with Gasteiger partial charge in [-0.3, -0.25) is 0 Å². The van der Waals surface area contributed by atoms with Crippen molar-refractivity contribution in [2.45, 2.75) is 26.4 Å². The lowest BCUT2D eigenvalue weighted by Crippen LogP contribution is -2.12. The molecule has 0 bridgehead atoms. The number of methoxy groups -OCH3 is 1. The lowest BCUT2D eigenvalue weighted by molar-refractivity contribution is 0.294. The fourth-order valence-corrected chi connectivity index (χ4v) is 2.25. The van der Waals surface area contributed by atoms with Gasteiger partial charge in [-0.1, -0.05) is 18.5 Å². The maximum atomic E-state index is 6.28. The Bertz CT molecular complexity index is 555. The molecule has 114 valence electrons. The molecule has 0 spiro atoms. The van der Waals surface area contributed by atoms with E-state index in [1.165, 1.54) is 0 Å². The van der Waals surface area contributed by atoms with Gasteiger partial charge in [-0.05, 0) is 36.2 Å². The van der Waals surface area contributed by atoms with Crippen molar-refractivity contribution in [3.63, 3.8) is 0 Å². The van der Waals surface area contributed by atoms with Crippen LogP contribution in [0.15, 0.2) is 34.9 Å². The number of hydrogen-bond acceptors (Lipinski definition) is 4. The SMILES string of the molecule is CCCOc1c(Cl)cc(CNCc2ccco2)cc1OC. The van der Waals surface area contributed by atoms with Crippen LogP contribution in [-0.4, -0.2) is 13.7 Å². The first kappa shape index (κ1) is 15.7. The number of ether oxygens (including phenoxy) is 2. The summed E-state index contributed by atoms with van der Waals surface area (Å²) in [6.07, 6.45) is 2.59. The van der Waals surface area contributed by atoms with Gasteiger partial charge in [0.05, 0.1) is 31.5 Å². The van der Waals surface area contributed by atoms with Gasteiger partial charge < -0.3 is 19.2 Å². The van der Waals surface area contributed by atoms with Crippen molar-refractivity contribution < 1.29 is 13.9 Å². The summed E-state index contributed by atoms with van der Waals surface area (Å²) >= 11 is 6.28. The standard InChI is InChI=1S/C16H20ClNO3/c1-3-6-21-16-14(17)8-12(9-15(16)19-2)10-18-11-13-5-4-7-20-13/h4-5,7-9,18H,3,6,10-11H2,1-2H3. The molecule has 1 aromatic carbocycles. The number of halogens is 1.